The molecule has 0 heteroatoms. The minimum absolute atomic E-state index is 1.75. The number of allylic oxidation sites excluding steroid dienone is 1. The van der Waals surface area contributed by atoms with Crippen LogP contribution in [0.1, 0.15) is 20.8 Å². The lowest BCUT2D eigenvalue weighted by Crippen LogP contribution is -1.07. The standard InChI is InChI=1S/C3H6.C2H6.C2H4.C2H2/c1-3-2;3*1-2/h3H,1H2,2H3;1-2H3;1-2H2;1-2H. The summed E-state index contributed by atoms with van der Waals surface area (Å²) in [5.74, 6) is 0. The average Bonchev–Trinajstić information content (AvgIpc) is 2.01. The summed E-state index contributed by atoms with van der Waals surface area (Å²) in [4.78, 5) is 0. The molecule has 0 amide bonds. The van der Waals surface area contributed by atoms with Crippen molar-refractivity contribution < 1.29 is 0 Å². The molecule has 0 saturated carbocycles. The van der Waals surface area contributed by atoms with Gasteiger partial charge >= 0.3 is 0 Å². The summed E-state index contributed by atoms with van der Waals surface area (Å²) in [5, 5.41) is 0. The molecule has 0 aliphatic rings. The van der Waals surface area contributed by atoms with Crippen molar-refractivity contribution in [3.63, 3.8) is 0 Å². The molecule has 0 rings (SSSR count). The van der Waals surface area contributed by atoms with Crippen LogP contribution in [0.15, 0.2) is 25.8 Å². The molecule has 0 aliphatic carbocycles. The van der Waals surface area contributed by atoms with E-state index in [9.17, 15) is 0 Å². The van der Waals surface area contributed by atoms with E-state index in [1.807, 2.05) is 20.8 Å². The van der Waals surface area contributed by atoms with E-state index in [0.29, 0.717) is 0 Å². The summed E-state index contributed by atoms with van der Waals surface area (Å²) in [6, 6.07) is 0. The van der Waals surface area contributed by atoms with E-state index in [1.54, 1.807) is 6.08 Å². The Balaban J connectivity index is -0.0000000190. The second-order valence-electron chi connectivity index (χ2n) is 0.408. The molecule has 0 aliphatic heterocycles. The molecule has 0 atom stereocenters. The first kappa shape index (κ1) is 24.4. The minimum Gasteiger partial charge on any atom is -0.124 e. The van der Waals surface area contributed by atoms with Crippen LogP contribution in [-0.2, 0) is 0 Å². The van der Waals surface area contributed by atoms with Gasteiger partial charge in [0.2, 0.25) is 0 Å². The Morgan fingerprint density at radius 2 is 1.11 bits per heavy atom. The molecule has 54 valence electrons. The van der Waals surface area contributed by atoms with E-state index in [2.05, 4.69) is 32.6 Å². The lowest BCUT2D eigenvalue weighted by molar-refractivity contribution is 1.50. The highest BCUT2D eigenvalue weighted by Crippen LogP contribution is 1.38. The maximum atomic E-state index is 4.00. The molecule has 0 N–H and O–H groups in total. The third-order valence-electron chi connectivity index (χ3n) is 0. The first-order valence-electron chi connectivity index (χ1n) is 2.82. The number of hydrogen-bond acceptors (Lipinski definition) is 0. The van der Waals surface area contributed by atoms with Gasteiger partial charge in [-0.05, 0) is 6.92 Å². The van der Waals surface area contributed by atoms with Gasteiger partial charge in [0.25, 0.3) is 0 Å². The predicted octanol–water partition coefficient (Wildman–Crippen LogP) is 3.27. The molecule has 0 saturated heterocycles. The van der Waals surface area contributed by atoms with Crippen LogP contribution >= 0.6 is 0 Å². The van der Waals surface area contributed by atoms with E-state index in [4.69, 9.17) is 0 Å². The van der Waals surface area contributed by atoms with Crippen molar-refractivity contribution in [2.45, 2.75) is 20.8 Å². The third kappa shape index (κ3) is 194. The van der Waals surface area contributed by atoms with Gasteiger partial charge in [0, 0.05) is 0 Å². The molecule has 0 nitrogen and oxygen atoms in total. The Kier molecular flexibility index (Phi) is 435000. The van der Waals surface area contributed by atoms with Crippen LogP contribution in [0.25, 0.3) is 0 Å². The van der Waals surface area contributed by atoms with E-state index < -0.39 is 0 Å². The van der Waals surface area contributed by atoms with Crippen molar-refractivity contribution in [1.82, 2.24) is 0 Å². The second-order valence-corrected chi connectivity index (χ2v) is 0.408. The summed E-state index contributed by atoms with van der Waals surface area (Å²) in [6.45, 7) is 15.2. The average molecular weight is 126 g/mol. The number of rotatable bonds is 0. The van der Waals surface area contributed by atoms with Gasteiger partial charge in [-0.15, -0.1) is 32.6 Å². The Hall–Kier alpha value is -0.960. The van der Waals surface area contributed by atoms with Crippen molar-refractivity contribution >= 4 is 0 Å². The van der Waals surface area contributed by atoms with Gasteiger partial charge in [-0.2, -0.15) is 0 Å². The van der Waals surface area contributed by atoms with Crippen molar-refractivity contribution in [1.29, 1.82) is 0 Å². The summed E-state index contributed by atoms with van der Waals surface area (Å²) >= 11 is 0. The molecule has 0 aromatic carbocycles. The van der Waals surface area contributed by atoms with Gasteiger partial charge in [0.05, 0.1) is 0 Å². The highest BCUT2D eigenvalue weighted by molar-refractivity contribution is 4.51. The smallest absolute Gasteiger partial charge is 0.0473 e. The Labute approximate surface area is 60.3 Å². The molecule has 0 aromatic heterocycles. The molecular formula is C9H18. The van der Waals surface area contributed by atoms with Crippen LogP contribution in [0, 0.1) is 12.8 Å². The normalized spacial score (nSPS) is 2.78. The first-order chi connectivity index (χ1) is 4.41. The van der Waals surface area contributed by atoms with E-state index in [0.717, 1.165) is 0 Å². The van der Waals surface area contributed by atoms with Crippen LogP contribution < -0.4 is 0 Å². The zero-order valence-corrected chi connectivity index (χ0v) is 6.85. The van der Waals surface area contributed by atoms with Gasteiger partial charge in [-0.1, -0.05) is 19.9 Å². The SMILES string of the molecule is C#C.C=C.C=CC.CC. The number of hydrogen-bond donors (Lipinski definition) is 0. The molecule has 0 spiro atoms. The van der Waals surface area contributed by atoms with Crippen LogP contribution in [0.5, 0.6) is 0 Å². The van der Waals surface area contributed by atoms with Crippen molar-refractivity contribution in [2.24, 2.45) is 0 Å². The molecule has 0 bridgehead atoms. The monoisotopic (exact) mass is 126 g/mol. The lowest BCUT2D eigenvalue weighted by Gasteiger charge is -1.31. The van der Waals surface area contributed by atoms with Crippen LogP contribution in [-0.4, -0.2) is 0 Å². The number of terminal acetylenes is 1. The maximum Gasteiger partial charge on any atom is -0.0473 e. The molecule has 0 unspecified atom stereocenters. The highest BCUT2D eigenvalue weighted by Gasteiger charge is 1.15. The van der Waals surface area contributed by atoms with Gasteiger partial charge in [0.15, 0.2) is 0 Å². The highest BCUT2D eigenvalue weighted by atomic mass is 13.2. The molecule has 0 radical (unpaired) electrons. The lowest BCUT2D eigenvalue weighted by atomic mass is 10.8. The second kappa shape index (κ2) is 161000. The summed E-state index contributed by atoms with van der Waals surface area (Å²) in [5.41, 5.74) is 0. The van der Waals surface area contributed by atoms with Gasteiger partial charge in [-0.3, -0.25) is 0 Å². The predicted molar refractivity (Wildman–Crippen MR) is 48.4 cm³/mol. The quantitative estimate of drug-likeness (QED) is 0.345. The van der Waals surface area contributed by atoms with Crippen LogP contribution in [0.3, 0.4) is 0 Å². The van der Waals surface area contributed by atoms with Crippen molar-refractivity contribution in [3.8, 4) is 12.8 Å². The Morgan fingerprint density at radius 3 is 1.11 bits per heavy atom. The molecule has 9 heavy (non-hydrogen) atoms. The Morgan fingerprint density at radius 1 is 1.11 bits per heavy atom. The minimum atomic E-state index is 1.75. The van der Waals surface area contributed by atoms with Gasteiger partial charge < -0.3 is 0 Å². The van der Waals surface area contributed by atoms with E-state index >= 15 is 0 Å². The topological polar surface area (TPSA) is 0 Å². The first-order valence-corrected chi connectivity index (χ1v) is 2.82. The maximum absolute atomic E-state index is 4.00. The largest absolute Gasteiger partial charge is 0.124 e. The summed E-state index contributed by atoms with van der Waals surface area (Å²) in [6.07, 6.45) is 9.75. The summed E-state index contributed by atoms with van der Waals surface area (Å²) in [7, 11) is 0. The fourth-order valence-electron chi connectivity index (χ4n) is 0. The molecular weight excluding hydrogens is 108 g/mol. The molecule has 0 heterocycles. The summed E-state index contributed by atoms with van der Waals surface area (Å²) < 4.78 is 0. The van der Waals surface area contributed by atoms with Crippen LogP contribution in [0.2, 0.25) is 0 Å². The van der Waals surface area contributed by atoms with Crippen LogP contribution in [0.4, 0.5) is 0 Å². The van der Waals surface area contributed by atoms with Gasteiger partial charge in [0.1, 0.15) is 0 Å². The fraction of sp³-hybridized carbons (Fsp3) is 0.333. The van der Waals surface area contributed by atoms with Crippen molar-refractivity contribution in [3.05, 3.63) is 25.8 Å². The Bertz CT molecular complexity index is 32.5. The third-order valence-corrected chi connectivity index (χ3v) is 0. The van der Waals surface area contributed by atoms with Gasteiger partial charge in [-0.25, -0.2) is 0 Å². The van der Waals surface area contributed by atoms with E-state index in [1.165, 1.54) is 0 Å². The van der Waals surface area contributed by atoms with E-state index in [-0.39, 0.29) is 0 Å². The molecule has 0 aromatic rings. The zero-order chi connectivity index (χ0) is 8.71. The van der Waals surface area contributed by atoms with Crippen molar-refractivity contribution in [2.75, 3.05) is 0 Å². The molecule has 0 fully saturated rings. The fourth-order valence-corrected chi connectivity index (χ4v) is 0. The zero-order valence-electron chi connectivity index (χ0n) is 6.85.